The number of rotatable bonds is 4. The fourth-order valence-corrected chi connectivity index (χ4v) is 8.09. The zero-order chi connectivity index (χ0) is 31.6. The Bertz CT molecular complexity index is 2780. The molecule has 0 atom stereocenters. The molecule has 10 rings (SSSR count). The summed E-state index contributed by atoms with van der Waals surface area (Å²) in [5, 5.41) is 6.83. The van der Waals surface area contributed by atoms with Crippen LogP contribution >= 0.6 is 11.3 Å². The molecule has 0 spiro atoms. The summed E-state index contributed by atoms with van der Waals surface area (Å²) in [7, 11) is 0. The number of hydrogen-bond acceptors (Lipinski definition) is 6. The average molecular weight is 633 g/mol. The predicted molar refractivity (Wildman–Crippen MR) is 197 cm³/mol. The third kappa shape index (κ3) is 4.16. The van der Waals surface area contributed by atoms with Crippen molar-refractivity contribution in [2.24, 2.45) is 0 Å². The number of aromatic nitrogens is 4. The van der Waals surface area contributed by atoms with Crippen LogP contribution in [0.5, 0.6) is 0 Å². The molecule has 0 aliphatic rings. The van der Waals surface area contributed by atoms with Crippen LogP contribution < -0.4 is 0 Å². The Balaban J connectivity index is 1.22. The molecule has 0 bridgehead atoms. The van der Waals surface area contributed by atoms with E-state index in [0.717, 1.165) is 49.8 Å². The highest BCUT2D eigenvalue weighted by molar-refractivity contribution is 7.26. The average Bonchev–Trinajstić information content (AvgIpc) is 3.74. The number of thiophene rings is 1. The van der Waals surface area contributed by atoms with Crippen LogP contribution in [0.3, 0.4) is 0 Å². The molecule has 0 N–H and O–H groups in total. The van der Waals surface area contributed by atoms with Gasteiger partial charge in [-0.2, -0.15) is 0 Å². The fourth-order valence-electron chi connectivity index (χ4n) is 6.83. The SMILES string of the molecule is c1ccc(-c2nc(-c3ccccc3)nc(-c3cccc4oc5c(-c6cccc7sc8c9ccccc9ccc8c67)cncc5c34)n2)cc1. The molecular weight excluding hydrogens is 609 g/mol. The molecule has 0 aliphatic carbocycles. The molecule has 0 amide bonds. The van der Waals surface area contributed by atoms with Crippen molar-refractivity contribution in [2.75, 3.05) is 0 Å². The quantitative estimate of drug-likeness (QED) is 0.193. The second kappa shape index (κ2) is 10.7. The summed E-state index contributed by atoms with van der Waals surface area (Å²) in [5.41, 5.74) is 6.33. The molecule has 5 nitrogen and oxygen atoms in total. The third-order valence-corrected chi connectivity index (χ3v) is 10.2. The van der Waals surface area contributed by atoms with Gasteiger partial charge in [0, 0.05) is 65.6 Å². The Morgan fingerprint density at radius 1 is 0.458 bits per heavy atom. The molecule has 6 heteroatoms. The molecule has 0 aliphatic heterocycles. The largest absolute Gasteiger partial charge is 0.455 e. The van der Waals surface area contributed by atoms with Gasteiger partial charge >= 0.3 is 0 Å². The molecule has 224 valence electrons. The van der Waals surface area contributed by atoms with Crippen molar-refractivity contribution in [1.29, 1.82) is 0 Å². The number of nitrogens with zero attached hydrogens (tertiary/aromatic N) is 4. The van der Waals surface area contributed by atoms with Crippen LogP contribution in [0, 0.1) is 0 Å². The van der Waals surface area contributed by atoms with E-state index in [9.17, 15) is 0 Å². The topological polar surface area (TPSA) is 64.7 Å². The van der Waals surface area contributed by atoms with Crippen molar-refractivity contribution < 1.29 is 4.42 Å². The van der Waals surface area contributed by atoms with Gasteiger partial charge in [-0.1, -0.05) is 121 Å². The van der Waals surface area contributed by atoms with E-state index in [1.807, 2.05) is 96.5 Å². The van der Waals surface area contributed by atoms with Crippen LogP contribution in [0.25, 0.3) is 98.2 Å². The third-order valence-electron chi connectivity index (χ3n) is 9.02. The Labute approximate surface area is 278 Å². The normalized spacial score (nSPS) is 11.8. The zero-order valence-electron chi connectivity index (χ0n) is 25.5. The first-order chi connectivity index (χ1) is 23.8. The van der Waals surface area contributed by atoms with Crippen molar-refractivity contribution in [3.63, 3.8) is 0 Å². The summed E-state index contributed by atoms with van der Waals surface area (Å²) in [6.07, 6.45) is 3.82. The van der Waals surface area contributed by atoms with E-state index < -0.39 is 0 Å². The van der Waals surface area contributed by atoms with Gasteiger partial charge in [-0.15, -0.1) is 11.3 Å². The Hall–Kier alpha value is -6.24. The van der Waals surface area contributed by atoms with Crippen LogP contribution in [0.15, 0.2) is 150 Å². The van der Waals surface area contributed by atoms with Gasteiger partial charge in [0.1, 0.15) is 11.2 Å². The van der Waals surface area contributed by atoms with Crippen LogP contribution in [-0.2, 0) is 0 Å². The number of pyridine rings is 1. The van der Waals surface area contributed by atoms with Gasteiger partial charge in [-0.25, -0.2) is 15.0 Å². The minimum Gasteiger partial charge on any atom is -0.455 e. The molecule has 10 aromatic rings. The monoisotopic (exact) mass is 632 g/mol. The molecule has 4 heterocycles. The molecule has 48 heavy (non-hydrogen) atoms. The minimum absolute atomic E-state index is 0.583. The van der Waals surface area contributed by atoms with E-state index in [0.29, 0.717) is 17.5 Å². The number of benzene rings is 6. The second-order valence-corrected chi connectivity index (χ2v) is 12.9. The Morgan fingerprint density at radius 2 is 1.15 bits per heavy atom. The van der Waals surface area contributed by atoms with E-state index in [2.05, 4.69) is 60.7 Å². The Morgan fingerprint density at radius 3 is 1.94 bits per heavy atom. The Kier molecular flexibility index (Phi) is 5.98. The summed E-state index contributed by atoms with van der Waals surface area (Å²) >= 11 is 1.84. The molecule has 4 aromatic heterocycles. The van der Waals surface area contributed by atoms with Gasteiger partial charge in [0.2, 0.25) is 0 Å². The first-order valence-electron chi connectivity index (χ1n) is 15.8. The van der Waals surface area contributed by atoms with Gasteiger partial charge < -0.3 is 4.42 Å². The van der Waals surface area contributed by atoms with Crippen LogP contribution in [0.1, 0.15) is 0 Å². The zero-order valence-corrected chi connectivity index (χ0v) is 26.3. The number of hydrogen-bond donors (Lipinski definition) is 0. The van der Waals surface area contributed by atoms with E-state index in [1.54, 1.807) is 0 Å². The minimum atomic E-state index is 0.583. The van der Waals surface area contributed by atoms with E-state index in [-0.39, 0.29) is 0 Å². The summed E-state index contributed by atoms with van der Waals surface area (Å²) in [6.45, 7) is 0. The maximum absolute atomic E-state index is 6.73. The maximum Gasteiger partial charge on any atom is 0.164 e. The molecule has 0 unspecified atom stereocenters. The van der Waals surface area contributed by atoms with Crippen LogP contribution in [0.2, 0.25) is 0 Å². The van der Waals surface area contributed by atoms with Gasteiger partial charge in [0.25, 0.3) is 0 Å². The fraction of sp³-hybridized carbons (Fsp3) is 0. The highest BCUT2D eigenvalue weighted by Gasteiger charge is 2.21. The number of fused-ring (bicyclic) bond motifs is 8. The van der Waals surface area contributed by atoms with Gasteiger partial charge in [0.15, 0.2) is 17.5 Å². The number of furan rings is 1. The van der Waals surface area contributed by atoms with Crippen molar-refractivity contribution in [3.05, 3.63) is 146 Å². The molecule has 0 fully saturated rings. The van der Waals surface area contributed by atoms with Crippen LogP contribution in [0.4, 0.5) is 0 Å². The molecule has 6 aromatic carbocycles. The predicted octanol–water partition coefficient (Wildman–Crippen LogP) is 11.4. The highest BCUT2D eigenvalue weighted by Crippen LogP contribution is 2.46. The van der Waals surface area contributed by atoms with Crippen molar-refractivity contribution in [1.82, 2.24) is 19.9 Å². The highest BCUT2D eigenvalue weighted by atomic mass is 32.1. The molecule has 0 saturated carbocycles. The molecular formula is C42H24N4OS. The summed E-state index contributed by atoms with van der Waals surface area (Å²) < 4.78 is 9.26. The first kappa shape index (κ1) is 26.9. The van der Waals surface area contributed by atoms with Gasteiger partial charge in [-0.3, -0.25) is 4.98 Å². The smallest absolute Gasteiger partial charge is 0.164 e. The van der Waals surface area contributed by atoms with Crippen molar-refractivity contribution in [3.8, 4) is 45.3 Å². The lowest BCUT2D eigenvalue weighted by atomic mass is 9.97. The summed E-state index contributed by atoms with van der Waals surface area (Å²) in [5.74, 6) is 1.82. The lowest BCUT2D eigenvalue weighted by molar-refractivity contribution is 0.669. The van der Waals surface area contributed by atoms with Gasteiger partial charge in [0.05, 0.1) is 0 Å². The lowest BCUT2D eigenvalue weighted by Crippen LogP contribution is -2.00. The van der Waals surface area contributed by atoms with Crippen molar-refractivity contribution in [2.45, 2.75) is 0 Å². The first-order valence-corrected chi connectivity index (χ1v) is 16.6. The summed E-state index contributed by atoms with van der Waals surface area (Å²) in [6, 6.07) is 45.7. The summed E-state index contributed by atoms with van der Waals surface area (Å²) in [4.78, 5) is 19.7. The molecule has 0 radical (unpaired) electrons. The standard InChI is InChI=1S/C42H24N4OS/c1-3-12-26(13-4-1)40-44-41(27-14-5-2-6-15-27)46-42(45-40)31-18-9-19-34-36(31)33-24-43-23-32(38(33)47-34)29-17-10-20-35-37(29)30-22-21-25-11-7-8-16-28(25)39(30)48-35/h1-24H. The maximum atomic E-state index is 6.73. The lowest BCUT2D eigenvalue weighted by Gasteiger charge is -2.09. The van der Waals surface area contributed by atoms with E-state index in [4.69, 9.17) is 24.4 Å². The van der Waals surface area contributed by atoms with Crippen molar-refractivity contribution >= 4 is 64.2 Å². The van der Waals surface area contributed by atoms with E-state index >= 15 is 0 Å². The second-order valence-electron chi connectivity index (χ2n) is 11.8. The molecule has 0 saturated heterocycles. The van der Waals surface area contributed by atoms with Gasteiger partial charge in [-0.05, 0) is 28.5 Å². The van der Waals surface area contributed by atoms with E-state index in [1.165, 1.54) is 30.9 Å². The van der Waals surface area contributed by atoms with Crippen LogP contribution in [-0.4, -0.2) is 19.9 Å².